The Bertz CT molecular complexity index is 2080. The van der Waals surface area contributed by atoms with Gasteiger partial charge >= 0.3 is 0 Å². The van der Waals surface area contributed by atoms with Gasteiger partial charge in [0.15, 0.2) is 29.5 Å². The summed E-state index contributed by atoms with van der Waals surface area (Å²) in [5.41, 5.74) is 2.54. The molecule has 3 aromatic carbocycles. The van der Waals surface area contributed by atoms with Crippen LogP contribution in [-0.2, 0) is 0 Å². The lowest BCUT2D eigenvalue weighted by molar-refractivity contribution is 0.157. The van der Waals surface area contributed by atoms with E-state index in [1.54, 1.807) is 42.5 Å². The monoisotopic (exact) mass is 894 g/mol. The lowest BCUT2D eigenvalue weighted by Crippen LogP contribution is -2.25. The average Bonchev–Trinajstić information content (AvgIpc) is 3.35. The summed E-state index contributed by atoms with van der Waals surface area (Å²) >= 11 is 6.28. The Morgan fingerprint density at radius 1 is 0.594 bits per heavy atom. The van der Waals surface area contributed by atoms with Crippen LogP contribution in [0.3, 0.4) is 0 Å². The van der Waals surface area contributed by atoms with Crippen LogP contribution in [0.4, 0.5) is 18.9 Å². The summed E-state index contributed by atoms with van der Waals surface area (Å²) in [6, 6.07) is 13.9. The highest BCUT2D eigenvalue weighted by molar-refractivity contribution is 6.32. The van der Waals surface area contributed by atoms with Gasteiger partial charge in [0.1, 0.15) is 16.6 Å². The van der Waals surface area contributed by atoms with Crippen LogP contribution < -0.4 is 9.47 Å². The highest BCUT2D eigenvalue weighted by atomic mass is 35.5. The molecule has 4 fully saturated rings. The summed E-state index contributed by atoms with van der Waals surface area (Å²) < 4.78 is 56.6. The Morgan fingerprint density at radius 2 is 1.03 bits per heavy atom. The van der Waals surface area contributed by atoms with Crippen molar-refractivity contribution in [3.63, 3.8) is 0 Å². The number of hydrogen-bond donors (Lipinski definition) is 0. The molecule has 0 amide bonds. The first kappa shape index (κ1) is 49.4. The van der Waals surface area contributed by atoms with Crippen molar-refractivity contribution >= 4 is 17.3 Å². The van der Waals surface area contributed by atoms with Crippen molar-refractivity contribution in [3.05, 3.63) is 99.1 Å². The molecule has 0 radical (unpaired) electrons. The van der Waals surface area contributed by atoms with Crippen molar-refractivity contribution in [2.45, 2.75) is 180 Å². The van der Waals surface area contributed by atoms with Gasteiger partial charge in [-0.15, -0.1) is 6.42 Å². The molecule has 4 saturated carbocycles. The van der Waals surface area contributed by atoms with Crippen molar-refractivity contribution in [2.75, 3.05) is 0 Å². The molecule has 0 saturated heterocycles. The van der Waals surface area contributed by atoms with Gasteiger partial charge in [0.05, 0.1) is 6.57 Å². The molecule has 3 aromatic rings. The van der Waals surface area contributed by atoms with Crippen LogP contribution in [0.15, 0.2) is 48.5 Å². The maximum Gasteiger partial charge on any atom is 0.200 e. The van der Waals surface area contributed by atoms with E-state index in [4.69, 9.17) is 34.1 Å². The van der Waals surface area contributed by atoms with E-state index in [0.717, 1.165) is 85.2 Å². The predicted molar refractivity (Wildman–Crippen MR) is 256 cm³/mol. The minimum atomic E-state index is -0.908. The molecular weight excluding hydrogens is 823 g/mol. The maximum absolute atomic E-state index is 15.1. The topological polar surface area (TPSA) is 22.8 Å². The number of benzene rings is 3. The quantitative estimate of drug-likeness (QED) is 0.134. The largest absolute Gasteiger partial charge is 0.476 e. The van der Waals surface area contributed by atoms with Gasteiger partial charge in [0, 0.05) is 5.56 Å². The SMILES string of the molecule is C#CC(CC)Oc1ccc(C2CCC(C3CCC(CC)CC3)CC2)c(F)c1Cl.[C-]#[N+]c1ccc(C#CC(CC)Oc2ccc(C3CCC(C4CCC(CC)CC4)CC3)c(F)c2F)cc1. The molecule has 0 bridgehead atoms. The lowest BCUT2D eigenvalue weighted by atomic mass is 9.68. The normalized spacial score (nSPS) is 26.7. The van der Waals surface area contributed by atoms with Gasteiger partial charge in [-0.3, -0.25) is 0 Å². The summed E-state index contributed by atoms with van der Waals surface area (Å²) in [7, 11) is 0. The molecule has 0 heterocycles. The Labute approximate surface area is 388 Å². The highest BCUT2D eigenvalue weighted by Gasteiger charge is 2.34. The summed E-state index contributed by atoms with van der Waals surface area (Å²) in [4.78, 5) is 3.37. The van der Waals surface area contributed by atoms with Crippen LogP contribution in [0.25, 0.3) is 4.85 Å². The average molecular weight is 895 g/mol. The fourth-order valence-corrected chi connectivity index (χ4v) is 11.6. The molecule has 0 aromatic heterocycles. The van der Waals surface area contributed by atoms with Gasteiger partial charge in [0.25, 0.3) is 0 Å². The van der Waals surface area contributed by atoms with Gasteiger partial charge in [-0.2, -0.15) is 4.39 Å². The zero-order valence-electron chi connectivity index (χ0n) is 38.9. The molecule has 344 valence electrons. The molecule has 0 N–H and O–H groups in total. The van der Waals surface area contributed by atoms with E-state index in [1.165, 1.54) is 77.0 Å². The fraction of sp³-hybridized carbons (Fsp3) is 0.596. The second kappa shape index (κ2) is 24.5. The van der Waals surface area contributed by atoms with Gasteiger partial charge in [-0.05, 0) is 160 Å². The van der Waals surface area contributed by atoms with E-state index >= 15 is 8.78 Å². The van der Waals surface area contributed by atoms with Crippen LogP contribution in [-0.4, -0.2) is 12.2 Å². The van der Waals surface area contributed by atoms with Crippen LogP contribution in [0.5, 0.6) is 11.5 Å². The van der Waals surface area contributed by atoms with Gasteiger partial charge in [0.2, 0.25) is 5.82 Å². The van der Waals surface area contributed by atoms with Crippen molar-refractivity contribution < 1.29 is 22.6 Å². The first-order valence-corrected chi connectivity index (χ1v) is 25.2. The molecule has 64 heavy (non-hydrogen) atoms. The van der Waals surface area contributed by atoms with Crippen LogP contribution in [0, 0.1) is 83.7 Å². The smallest absolute Gasteiger partial charge is 0.200 e. The number of hydrogen-bond acceptors (Lipinski definition) is 2. The third-order valence-electron chi connectivity index (χ3n) is 15.7. The third-order valence-corrected chi connectivity index (χ3v) is 16.0. The second-order valence-corrected chi connectivity index (χ2v) is 19.7. The van der Waals surface area contributed by atoms with E-state index in [9.17, 15) is 4.39 Å². The Morgan fingerprint density at radius 3 is 1.47 bits per heavy atom. The maximum atomic E-state index is 15.1. The Hall–Kier alpha value is -4.05. The summed E-state index contributed by atoms with van der Waals surface area (Å²) in [5, 5.41) is 0.0752. The van der Waals surface area contributed by atoms with Crippen molar-refractivity contribution in [1.82, 2.24) is 0 Å². The van der Waals surface area contributed by atoms with Crippen LogP contribution >= 0.6 is 11.6 Å². The first-order chi connectivity index (χ1) is 31.1. The van der Waals surface area contributed by atoms with E-state index < -0.39 is 17.7 Å². The molecule has 7 rings (SSSR count). The van der Waals surface area contributed by atoms with Gasteiger partial charge < -0.3 is 9.47 Å². The molecule has 0 aliphatic heterocycles. The molecular formula is C57H71ClF3NO2. The summed E-state index contributed by atoms with van der Waals surface area (Å²) in [6.45, 7) is 15.5. The summed E-state index contributed by atoms with van der Waals surface area (Å²) in [5.74, 6) is 12.3. The van der Waals surface area contributed by atoms with E-state index in [0.29, 0.717) is 29.8 Å². The molecule has 4 aliphatic carbocycles. The Kier molecular flexibility index (Phi) is 18.9. The molecule has 4 aliphatic rings. The Balaban J connectivity index is 0.000000219. The minimum absolute atomic E-state index is 0.0752. The lowest BCUT2D eigenvalue weighted by Gasteiger charge is -2.38. The number of halogens is 4. The van der Waals surface area contributed by atoms with Crippen molar-refractivity contribution in [3.8, 4) is 35.7 Å². The van der Waals surface area contributed by atoms with Gasteiger partial charge in [-0.1, -0.05) is 132 Å². The van der Waals surface area contributed by atoms with Crippen LogP contribution in [0.2, 0.25) is 5.02 Å². The van der Waals surface area contributed by atoms with E-state index in [1.807, 2.05) is 19.9 Å². The molecule has 2 atom stereocenters. The first-order valence-electron chi connectivity index (χ1n) is 24.8. The molecule has 2 unspecified atom stereocenters. The number of nitrogens with zero attached hydrogens (tertiary/aromatic N) is 1. The van der Waals surface area contributed by atoms with E-state index in [-0.39, 0.29) is 34.5 Å². The number of terminal acetylenes is 1. The number of rotatable bonds is 12. The second-order valence-electron chi connectivity index (χ2n) is 19.3. The summed E-state index contributed by atoms with van der Waals surface area (Å²) in [6.07, 6.45) is 28.0. The van der Waals surface area contributed by atoms with Crippen LogP contribution in [0.1, 0.15) is 185 Å². The van der Waals surface area contributed by atoms with Crippen molar-refractivity contribution in [1.29, 1.82) is 0 Å². The zero-order chi connectivity index (χ0) is 45.6. The standard InChI is InChI=1S/C32H37F2NO.C25H34ClFO/c1-4-22-6-11-24(12-7-22)25-13-15-26(16-14-25)29-20-21-30(32(34)31(29)33)36-28(5-2)19-10-23-8-17-27(35-3)18-9-23;1-4-17-7-9-18(10-8-17)19-11-13-20(14-12-19)22-15-16-23(24(26)25(22)27)28-21(5-2)6-3/h8-9,17-18,20-22,24-26,28H,4-7,11-16H2,1-2H3;2,15-21H,4,6-14H2,1,3H3. The molecule has 7 heteroatoms. The third kappa shape index (κ3) is 12.8. The zero-order valence-corrected chi connectivity index (χ0v) is 39.6. The van der Waals surface area contributed by atoms with Crippen molar-refractivity contribution in [2.24, 2.45) is 35.5 Å². The highest BCUT2D eigenvalue weighted by Crippen LogP contribution is 2.47. The minimum Gasteiger partial charge on any atom is -0.476 e. The van der Waals surface area contributed by atoms with Gasteiger partial charge in [-0.25, -0.2) is 13.6 Å². The molecule has 0 spiro atoms. The number of ether oxygens (including phenoxy) is 2. The van der Waals surface area contributed by atoms with E-state index in [2.05, 4.69) is 36.5 Å². The predicted octanol–water partition coefficient (Wildman–Crippen LogP) is 17.0. The fourth-order valence-electron chi connectivity index (χ4n) is 11.4. The molecule has 3 nitrogen and oxygen atoms in total.